The summed E-state index contributed by atoms with van der Waals surface area (Å²) in [5.74, 6) is 1.05. The molecule has 2 aromatic carbocycles. The molecule has 0 fully saturated rings. The van der Waals surface area contributed by atoms with E-state index in [1.807, 2.05) is 0 Å². The van der Waals surface area contributed by atoms with Gasteiger partial charge in [-0.05, 0) is 48.0 Å². The first-order valence-corrected chi connectivity index (χ1v) is 8.43. The van der Waals surface area contributed by atoms with Gasteiger partial charge in [0.05, 0.1) is 11.6 Å². The van der Waals surface area contributed by atoms with Gasteiger partial charge in [-0.3, -0.25) is 4.79 Å². The van der Waals surface area contributed by atoms with Gasteiger partial charge < -0.3 is 19.5 Å². The van der Waals surface area contributed by atoms with Crippen molar-refractivity contribution >= 4 is 23.6 Å². The number of halogens is 2. The van der Waals surface area contributed by atoms with Crippen molar-refractivity contribution in [3.8, 4) is 17.2 Å². The molecule has 26 heavy (non-hydrogen) atoms. The van der Waals surface area contributed by atoms with Crippen LogP contribution >= 0.6 is 11.6 Å². The van der Waals surface area contributed by atoms with Crippen LogP contribution in [0.15, 0.2) is 42.5 Å². The van der Waals surface area contributed by atoms with Gasteiger partial charge in [-0.15, -0.1) is 0 Å². The van der Waals surface area contributed by atoms with E-state index in [2.05, 4.69) is 5.32 Å². The summed E-state index contributed by atoms with van der Waals surface area (Å²) >= 11 is 6.15. The second-order valence-electron chi connectivity index (χ2n) is 5.45. The van der Waals surface area contributed by atoms with Crippen LogP contribution in [0.1, 0.15) is 5.56 Å². The molecule has 0 radical (unpaired) electrons. The first-order chi connectivity index (χ1) is 12.6. The molecule has 1 aliphatic rings. The zero-order valence-corrected chi connectivity index (χ0v) is 14.6. The molecule has 0 bridgehead atoms. The molecule has 5 nitrogen and oxygen atoms in total. The number of benzene rings is 2. The first kappa shape index (κ1) is 18.1. The fraction of sp³-hybridized carbons (Fsp3) is 0.211. The number of rotatable bonds is 6. The lowest BCUT2D eigenvalue weighted by molar-refractivity contribution is -0.116. The molecule has 0 atom stereocenters. The topological polar surface area (TPSA) is 56.8 Å². The smallest absolute Gasteiger partial charge is 0.244 e. The Morgan fingerprint density at radius 2 is 2.00 bits per heavy atom. The largest absolute Gasteiger partial charge is 0.492 e. The van der Waals surface area contributed by atoms with Crippen molar-refractivity contribution in [3.63, 3.8) is 0 Å². The van der Waals surface area contributed by atoms with Crippen LogP contribution in [0.2, 0.25) is 5.02 Å². The Morgan fingerprint density at radius 3 is 2.81 bits per heavy atom. The van der Waals surface area contributed by atoms with Crippen molar-refractivity contribution in [1.82, 2.24) is 5.32 Å². The van der Waals surface area contributed by atoms with Crippen LogP contribution in [0.3, 0.4) is 0 Å². The third kappa shape index (κ3) is 4.89. The van der Waals surface area contributed by atoms with E-state index in [4.69, 9.17) is 25.8 Å². The number of amides is 1. The van der Waals surface area contributed by atoms with Gasteiger partial charge in [-0.2, -0.15) is 0 Å². The van der Waals surface area contributed by atoms with E-state index < -0.39 is 0 Å². The zero-order chi connectivity index (χ0) is 18.4. The van der Waals surface area contributed by atoms with Gasteiger partial charge in [0.2, 0.25) is 5.91 Å². The quantitative estimate of drug-likeness (QED) is 0.618. The van der Waals surface area contributed by atoms with Gasteiger partial charge >= 0.3 is 0 Å². The standard InChI is InChI=1S/C19H17ClFNO4/c20-16-11-13(12-17-19(16)26-10-9-25-17)1-6-18(23)22-7-8-24-15-4-2-14(21)3-5-15/h1-6,11-12H,7-10H2,(H,22,23)/b6-1+. The highest BCUT2D eigenvalue weighted by atomic mass is 35.5. The van der Waals surface area contributed by atoms with Gasteiger partial charge in [-0.1, -0.05) is 11.6 Å². The summed E-state index contributed by atoms with van der Waals surface area (Å²) < 4.78 is 29.1. The molecule has 0 spiro atoms. The number of fused-ring (bicyclic) bond motifs is 1. The first-order valence-electron chi connectivity index (χ1n) is 8.05. The molecular weight excluding hydrogens is 361 g/mol. The van der Waals surface area contributed by atoms with Crippen LogP contribution in [0, 0.1) is 5.82 Å². The third-order valence-corrected chi connectivity index (χ3v) is 3.81. The predicted octanol–water partition coefficient (Wildman–Crippen LogP) is 3.46. The van der Waals surface area contributed by atoms with E-state index >= 15 is 0 Å². The van der Waals surface area contributed by atoms with Crippen molar-refractivity contribution in [2.24, 2.45) is 0 Å². The Bertz CT molecular complexity index is 808. The molecule has 2 aromatic rings. The number of hydrogen-bond acceptors (Lipinski definition) is 4. The molecule has 0 aromatic heterocycles. The molecule has 7 heteroatoms. The Kier molecular flexibility index (Phi) is 5.96. The van der Waals surface area contributed by atoms with Gasteiger partial charge in [0.25, 0.3) is 0 Å². The minimum Gasteiger partial charge on any atom is -0.492 e. The Hall–Kier alpha value is -2.73. The lowest BCUT2D eigenvalue weighted by Crippen LogP contribution is -2.26. The van der Waals surface area contributed by atoms with E-state index in [9.17, 15) is 9.18 Å². The number of hydrogen-bond donors (Lipinski definition) is 1. The van der Waals surface area contributed by atoms with Crippen LogP contribution in [-0.4, -0.2) is 32.3 Å². The molecule has 1 heterocycles. The Morgan fingerprint density at radius 1 is 1.23 bits per heavy atom. The summed E-state index contributed by atoms with van der Waals surface area (Å²) in [4.78, 5) is 11.9. The van der Waals surface area contributed by atoms with Crippen molar-refractivity contribution in [2.75, 3.05) is 26.4 Å². The second kappa shape index (κ2) is 8.58. The number of nitrogens with one attached hydrogen (secondary N) is 1. The maximum atomic E-state index is 12.8. The lowest BCUT2D eigenvalue weighted by atomic mass is 10.1. The van der Waals surface area contributed by atoms with Gasteiger partial charge in [0, 0.05) is 6.08 Å². The van der Waals surface area contributed by atoms with Crippen LogP contribution in [-0.2, 0) is 4.79 Å². The van der Waals surface area contributed by atoms with E-state index in [-0.39, 0.29) is 18.3 Å². The highest BCUT2D eigenvalue weighted by Crippen LogP contribution is 2.38. The monoisotopic (exact) mass is 377 g/mol. The summed E-state index contributed by atoms with van der Waals surface area (Å²) in [6, 6.07) is 9.16. The molecule has 0 unspecified atom stereocenters. The van der Waals surface area contributed by atoms with Crippen LogP contribution in [0.4, 0.5) is 4.39 Å². The van der Waals surface area contributed by atoms with Crippen LogP contribution in [0.25, 0.3) is 6.08 Å². The molecule has 136 valence electrons. The second-order valence-corrected chi connectivity index (χ2v) is 5.86. The Balaban J connectivity index is 1.47. The molecule has 3 rings (SSSR count). The summed E-state index contributed by atoms with van der Waals surface area (Å²) in [5.41, 5.74) is 0.733. The number of carbonyl (C=O) groups is 1. The third-order valence-electron chi connectivity index (χ3n) is 3.53. The van der Waals surface area contributed by atoms with Gasteiger partial charge in [0.15, 0.2) is 11.5 Å². The van der Waals surface area contributed by atoms with Crippen LogP contribution < -0.4 is 19.5 Å². The fourth-order valence-electron chi connectivity index (χ4n) is 2.33. The summed E-state index contributed by atoms with van der Waals surface area (Å²) in [7, 11) is 0. The van der Waals surface area contributed by atoms with Gasteiger partial charge in [-0.25, -0.2) is 4.39 Å². The van der Waals surface area contributed by atoms with Crippen molar-refractivity contribution in [3.05, 3.63) is 58.9 Å². The molecule has 0 saturated carbocycles. The summed E-state index contributed by atoms with van der Waals surface area (Å²) in [5, 5.41) is 3.14. The lowest BCUT2D eigenvalue weighted by Gasteiger charge is -2.19. The van der Waals surface area contributed by atoms with Crippen molar-refractivity contribution < 1.29 is 23.4 Å². The normalized spacial score (nSPS) is 12.8. The number of carbonyl (C=O) groups excluding carboxylic acids is 1. The average molecular weight is 378 g/mol. The zero-order valence-electron chi connectivity index (χ0n) is 13.8. The molecule has 0 aliphatic carbocycles. The predicted molar refractivity (Wildman–Crippen MR) is 96.4 cm³/mol. The van der Waals surface area contributed by atoms with Crippen LogP contribution in [0.5, 0.6) is 17.2 Å². The average Bonchev–Trinajstić information content (AvgIpc) is 2.65. The van der Waals surface area contributed by atoms with E-state index in [1.54, 1.807) is 18.2 Å². The molecule has 1 aliphatic heterocycles. The maximum absolute atomic E-state index is 12.8. The maximum Gasteiger partial charge on any atom is 0.244 e. The molecule has 0 saturated heterocycles. The SMILES string of the molecule is O=C(/C=C/c1cc(Cl)c2c(c1)OCCO2)NCCOc1ccc(F)cc1. The van der Waals surface area contributed by atoms with E-state index in [1.165, 1.54) is 30.3 Å². The summed E-state index contributed by atoms with van der Waals surface area (Å²) in [6.07, 6.45) is 3.04. The fourth-order valence-corrected chi connectivity index (χ4v) is 2.61. The van der Waals surface area contributed by atoms with E-state index in [0.29, 0.717) is 42.0 Å². The molecule has 1 N–H and O–H groups in total. The molecular formula is C19H17ClFNO4. The highest BCUT2D eigenvalue weighted by Gasteiger charge is 2.15. The van der Waals surface area contributed by atoms with E-state index in [0.717, 1.165) is 5.56 Å². The Labute approximate surface area is 155 Å². The van der Waals surface area contributed by atoms with Gasteiger partial charge in [0.1, 0.15) is 31.4 Å². The molecule has 1 amide bonds. The minimum atomic E-state index is -0.324. The number of ether oxygens (including phenoxy) is 3. The summed E-state index contributed by atoms with van der Waals surface area (Å²) in [6.45, 7) is 1.53. The van der Waals surface area contributed by atoms with Crippen molar-refractivity contribution in [2.45, 2.75) is 0 Å². The minimum absolute atomic E-state index is 0.265. The highest BCUT2D eigenvalue weighted by molar-refractivity contribution is 6.32. The van der Waals surface area contributed by atoms with Crippen molar-refractivity contribution in [1.29, 1.82) is 0 Å².